The SMILES string of the molecule is CCCCC/C=C\C/C=C\C/C=C\CCCCCCCCC(=O)OCC(COC(=O)CCCCCCC/C=C\C/C=C\CCCCC)OC(=O)CCCCCCCCCCC/C=C\C/C=C\CCCCC. The Balaban J connectivity index is 4.43. The van der Waals surface area contributed by atoms with Crippen LogP contribution in [0.3, 0.4) is 0 Å². The van der Waals surface area contributed by atoms with Crippen LogP contribution in [0.2, 0.25) is 0 Å². The molecule has 0 saturated heterocycles. The van der Waals surface area contributed by atoms with Crippen LogP contribution in [0.1, 0.15) is 290 Å². The molecule has 1 atom stereocenters. The van der Waals surface area contributed by atoms with Crippen LogP contribution in [0.25, 0.3) is 0 Å². The molecule has 0 radical (unpaired) electrons. The molecule has 0 saturated carbocycles. The smallest absolute Gasteiger partial charge is 0.306 e. The molecular formula is C65H112O6. The van der Waals surface area contributed by atoms with Crippen molar-refractivity contribution in [2.24, 2.45) is 0 Å². The highest BCUT2D eigenvalue weighted by Gasteiger charge is 2.19. The molecule has 6 nitrogen and oxygen atoms in total. The topological polar surface area (TPSA) is 78.9 Å². The third-order valence-electron chi connectivity index (χ3n) is 12.8. The van der Waals surface area contributed by atoms with Crippen molar-refractivity contribution in [3.05, 3.63) is 85.1 Å². The summed E-state index contributed by atoms with van der Waals surface area (Å²) in [6.45, 7) is 6.55. The Morgan fingerprint density at radius 2 is 0.507 bits per heavy atom. The lowest BCUT2D eigenvalue weighted by atomic mass is 10.1. The first-order valence-corrected chi connectivity index (χ1v) is 30.1. The van der Waals surface area contributed by atoms with Crippen LogP contribution >= 0.6 is 0 Å². The normalized spacial score (nSPS) is 12.7. The van der Waals surface area contributed by atoms with Gasteiger partial charge in [0, 0.05) is 19.3 Å². The van der Waals surface area contributed by atoms with E-state index in [1.807, 2.05) is 0 Å². The van der Waals surface area contributed by atoms with E-state index in [-0.39, 0.29) is 31.1 Å². The molecule has 0 aliphatic carbocycles. The van der Waals surface area contributed by atoms with Gasteiger partial charge in [-0.3, -0.25) is 14.4 Å². The lowest BCUT2D eigenvalue weighted by Crippen LogP contribution is -2.30. The minimum Gasteiger partial charge on any atom is -0.462 e. The zero-order chi connectivity index (χ0) is 51.4. The van der Waals surface area contributed by atoms with Crippen LogP contribution < -0.4 is 0 Å². The fourth-order valence-electron chi connectivity index (χ4n) is 8.27. The summed E-state index contributed by atoms with van der Waals surface area (Å²) in [6.07, 6.45) is 77.1. The predicted octanol–water partition coefficient (Wildman–Crippen LogP) is 20.3. The predicted molar refractivity (Wildman–Crippen MR) is 307 cm³/mol. The van der Waals surface area contributed by atoms with Crippen LogP contribution in [0.15, 0.2) is 85.1 Å². The maximum Gasteiger partial charge on any atom is 0.306 e. The monoisotopic (exact) mass is 989 g/mol. The molecule has 0 aliphatic heterocycles. The lowest BCUT2D eigenvalue weighted by Gasteiger charge is -2.18. The summed E-state index contributed by atoms with van der Waals surface area (Å²) >= 11 is 0. The fraction of sp³-hybridized carbons (Fsp3) is 0.738. The van der Waals surface area contributed by atoms with Crippen molar-refractivity contribution in [2.75, 3.05) is 13.2 Å². The highest BCUT2D eigenvalue weighted by Crippen LogP contribution is 2.15. The first-order chi connectivity index (χ1) is 35.0. The molecule has 408 valence electrons. The van der Waals surface area contributed by atoms with Crippen molar-refractivity contribution in [3.8, 4) is 0 Å². The van der Waals surface area contributed by atoms with Gasteiger partial charge in [-0.25, -0.2) is 0 Å². The number of rotatable bonds is 54. The van der Waals surface area contributed by atoms with Crippen LogP contribution in [0.4, 0.5) is 0 Å². The standard InChI is InChI=1S/C65H112O6/c1-4-7-10-13-16-19-22-25-28-30-32-34-37-40-43-46-49-52-55-58-64(67)70-61-62(60-69-63(66)57-54-51-48-45-42-39-36-27-24-21-18-15-12-9-6-3)71-65(68)59-56-53-50-47-44-41-38-35-33-31-29-26-23-20-17-14-11-8-5-2/h16-21,25-29,32,34,36,62H,4-15,22-24,30-31,33,35,37-61H2,1-3H3/b19-16-,20-17-,21-18-,28-25-,29-26-,34-32-,36-27-. The first-order valence-electron chi connectivity index (χ1n) is 30.1. The molecule has 0 aromatic carbocycles. The highest BCUT2D eigenvalue weighted by atomic mass is 16.6. The number of hydrogen-bond donors (Lipinski definition) is 0. The Labute approximate surface area is 439 Å². The van der Waals surface area contributed by atoms with Crippen LogP contribution in [-0.2, 0) is 28.6 Å². The molecule has 6 heteroatoms. The van der Waals surface area contributed by atoms with Crippen molar-refractivity contribution in [3.63, 3.8) is 0 Å². The Hall–Kier alpha value is -3.41. The van der Waals surface area contributed by atoms with E-state index < -0.39 is 6.10 Å². The summed E-state index contributed by atoms with van der Waals surface area (Å²) in [4.78, 5) is 38.2. The van der Waals surface area contributed by atoms with Crippen molar-refractivity contribution in [1.82, 2.24) is 0 Å². The van der Waals surface area contributed by atoms with Gasteiger partial charge in [0.25, 0.3) is 0 Å². The van der Waals surface area contributed by atoms with E-state index in [1.165, 1.54) is 141 Å². The summed E-state index contributed by atoms with van der Waals surface area (Å²) in [5.74, 6) is -0.911. The quantitative estimate of drug-likeness (QED) is 0.0261. The maximum atomic E-state index is 12.9. The fourth-order valence-corrected chi connectivity index (χ4v) is 8.27. The van der Waals surface area contributed by atoms with E-state index in [9.17, 15) is 14.4 Å². The molecule has 1 unspecified atom stereocenters. The Morgan fingerprint density at radius 1 is 0.282 bits per heavy atom. The second-order valence-electron chi connectivity index (χ2n) is 19.9. The second kappa shape index (κ2) is 59.2. The average Bonchev–Trinajstić information content (AvgIpc) is 3.37. The molecule has 0 fully saturated rings. The number of hydrogen-bond acceptors (Lipinski definition) is 6. The summed E-state index contributed by atoms with van der Waals surface area (Å²) in [7, 11) is 0. The Bertz CT molecular complexity index is 1370. The molecule has 0 bridgehead atoms. The molecule has 0 rings (SSSR count). The van der Waals surface area contributed by atoms with E-state index in [4.69, 9.17) is 14.2 Å². The van der Waals surface area contributed by atoms with E-state index in [2.05, 4.69) is 106 Å². The van der Waals surface area contributed by atoms with E-state index in [1.54, 1.807) is 0 Å². The molecule has 0 spiro atoms. The van der Waals surface area contributed by atoms with Gasteiger partial charge in [0.2, 0.25) is 0 Å². The van der Waals surface area contributed by atoms with Crippen molar-refractivity contribution in [2.45, 2.75) is 297 Å². The van der Waals surface area contributed by atoms with Crippen LogP contribution in [0.5, 0.6) is 0 Å². The van der Waals surface area contributed by atoms with E-state index in [0.717, 1.165) is 109 Å². The number of carbonyl (C=O) groups is 3. The van der Waals surface area contributed by atoms with Gasteiger partial charge in [-0.1, -0.05) is 234 Å². The number of unbranched alkanes of at least 4 members (excludes halogenated alkanes) is 29. The zero-order valence-corrected chi connectivity index (χ0v) is 46.7. The molecule has 0 aromatic heterocycles. The summed E-state index contributed by atoms with van der Waals surface area (Å²) in [5, 5.41) is 0. The zero-order valence-electron chi connectivity index (χ0n) is 46.7. The van der Waals surface area contributed by atoms with Crippen LogP contribution in [-0.4, -0.2) is 37.2 Å². The first kappa shape index (κ1) is 67.6. The number of esters is 3. The minimum atomic E-state index is -0.792. The highest BCUT2D eigenvalue weighted by molar-refractivity contribution is 5.71. The molecule has 0 amide bonds. The minimum absolute atomic E-state index is 0.0894. The van der Waals surface area contributed by atoms with E-state index in [0.29, 0.717) is 19.3 Å². The molecule has 0 aromatic rings. The number of allylic oxidation sites excluding steroid dienone is 14. The van der Waals surface area contributed by atoms with Gasteiger partial charge in [0.05, 0.1) is 0 Å². The maximum absolute atomic E-state index is 12.9. The van der Waals surface area contributed by atoms with Crippen molar-refractivity contribution >= 4 is 17.9 Å². The van der Waals surface area contributed by atoms with Gasteiger partial charge in [-0.15, -0.1) is 0 Å². The van der Waals surface area contributed by atoms with Gasteiger partial charge in [-0.2, -0.15) is 0 Å². The van der Waals surface area contributed by atoms with Gasteiger partial charge < -0.3 is 14.2 Å². The molecule has 71 heavy (non-hydrogen) atoms. The third-order valence-corrected chi connectivity index (χ3v) is 12.8. The average molecular weight is 990 g/mol. The summed E-state index contributed by atoms with van der Waals surface area (Å²) in [6, 6.07) is 0. The van der Waals surface area contributed by atoms with E-state index >= 15 is 0 Å². The Morgan fingerprint density at radius 3 is 0.789 bits per heavy atom. The van der Waals surface area contributed by atoms with Crippen molar-refractivity contribution in [1.29, 1.82) is 0 Å². The lowest BCUT2D eigenvalue weighted by molar-refractivity contribution is -0.167. The van der Waals surface area contributed by atoms with Gasteiger partial charge in [-0.05, 0) is 122 Å². The Kier molecular flexibility index (Phi) is 56.3. The number of carbonyl (C=O) groups excluding carboxylic acids is 3. The van der Waals surface area contributed by atoms with Crippen molar-refractivity contribution < 1.29 is 28.6 Å². The molecule has 0 heterocycles. The van der Waals surface area contributed by atoms with Crippen LogP contribution in [0, 0.1) is 0 Å². The number of ether oxygens (including phenoxy) is 3. The summed E-state index contributed by atoms with van der Waals surface area (Å²) in [5.41, 5.74) is 0. The largest absolute Gasteiger partial charge is 0.462 e. The third kappa shape index (κ3) is 57.4. The second-order valence-corrected chi connectivity index (χ2v) is 19.9. The van der Waals surface area contributed by atoms with Gasteiger partial charge >= 0.3 is 17.9 Å². The van der Waals surface area contributed by atoms with Gasteiger partial charge in [0.15, 0.2) is 6.10 Å². The molecule has 0 N–H and O–H groups in total. The molecular weight excluding hydrogens is 877 g/mol. The summed E-state index contributed by atoms with van der Waals surface area (Å²) < 4.78 is 16.9. The molecule has 0 aliphatic rings. The van der Waals surface area contributed by atoms with Gasteiger partial charge in [0.1, 0.15) is 13.2 Å².